The summed E-state index contributed by atoms with van der Waals surface area (Å²) in [7, 11) is 0. The lowest BCUT2D eigenvalue weighted by molar-refractivity contribution is 0.0454. The fourth-order valence-electron chi connectivity index (χ4n) is 2.52. The average molecular weight is 311 g/mol. The number of carboxylic acids is 1. The molecule has 0 saturated carbocycles. The fourth-order valence-corrected chi connectivity index (χ4v) is 3.78. The van der Waals surface area contributed by atoms with E-state index in [4.69, 9.17) is 9.84 Å². The van der Waals surface area contributed by atoms with Crippen molar-refractivity contribution >= 4 is 23.4 Å². The van der Waals surface area contributed by atoms with E-state index in [0.29, 0.717) is 24.8 Å². The zero-order chi connectivity index (χ0) is 15.8. The van der Waals surface area contributed by atoms with Crippen LogP contribution in [0, 0.1) is 0 Å². The summed E-state index contributed by atoms with van der Waals surface area (Å²) in [6, 6.07) is 0. The predicted molar refractivity (Wildman–Crippen MR) is 81.1 cm³/mol. The van der Waals surface area contributed by atoms with Crippen molar-refractivity contribution in [2.75, 3.05) is 0 Å². The number of carbonyl (C=O) groups is 2. The number of ether oxygens (including phenoxy) is 1. The van der Waals surface area contributed by atoms with E-state index in [1.54, 1.807) is 5.38 Å². The molecule has 1 amide bonds. The summed E-state index contributed by atoms with van der Waals surface area (Å²) in [6.45, 7) is 7.45. The Bertz CT molecular complexity index is 573. The zero-order valence-corrected chi connectivity index (χ0v) is 13.6. The lowest BCUT2D eigenvalue weighted by Crippen LogP contribution is -2.51. The Morgan fingerprint density at radius 1 is 1.43 bits per heavy atom. The van der Waals surface area contributed by atoms with E-state index >= 15 is 0 Å². The van der Waals surface area contributed by atoms with E-state index in [9.17, 15) is 9.59 Å². The van der Waals surface area contributed by atoms with Crippen molar-refractivity contribution in [1.29, 1.82) is 0 Å². The van der Waals surface area contributed by atoms with Crippen LogP contribution in [0.2, 0.25) is 0 Å². The van der Waals surface area contributed by atoms with Crippen LogP contribution in [0.15, 0.2) is 5.38 Å². The summed E-state index contributed by atoms with van der Waals surface area (Å²) in [6.07, 6.45) is 1.58. The quantitative estimate of drug-likeness (QED) is 0.879. The van der Waals surface area contributed by atoms with Gasteiger partial charge in [-0.05, 0) is 46.1 Å². The molecule has 2 rings (SSSR count). The summed E-state index contributed by atoms with van der Waals surface area (Å²) in [5, 5.41) is 13.8. The second-order valence-electron chi connectivity index (χ2n) is 6.72. The smallest absolute Gasteiger partial charge is 0.408 e. The van der Waals surface area contributed by atoms with Crippen LogP contribution < -0.4 is 5.32 Å². The van der Waals surface area contributed by atoms with Crippen molar-refractivity contribution in [2.45, 2.75) is 58.1 Å². The maximum atomic E-state index is 11.9. The number of amides is 1. The number of nitrogens with one attached hydrogen (secondary N) is 1. The number of alkyl carbamates (subject to hydrolysis) is 1. The van der Waals surface area contributed by atoms with Crippen molar-refractivity contribution in [3.05, 3.63) is 21.4 Å². The minimum Gasteiger partial charge on any atom is -0.478 e. The Morgan fingerprint density at radius 2 is 2.10 bits per heavy atom. The van der Waals surface area contributed by atoms with Crippen LogP contribution in [-0.4, -0.2) is 28.3 Å². The van der Waals surface area contributed by atoms with Crippen molar-refractivity contribution < 1.29 is 19.4 Å². The molecule has 21 heavy (non-hydrogen) atoms. The Morgan fingerprint density at radius 3 is 2.67 bits per heavy atom. The standard InChI is InChI=1S/C15H21NO4S/c1-14(2,3)20-13(19)16-15(4)6-5-9-10(12(17)18)8-21-11(9)7-15/h8H,5-7H2,1-4H3,(H,16,19)(H,17,18). The third-order valence-electron chi connectivity index (χ3n) is 3.49. The maximum absolute atomic E-state index is 11.9. The van der Waals surface area contributed by atoms with Crippen LogP contribution in [0.5, 0.6) is 0 Å². The molecular weight excluding hydrogens is 290 g/mol. The zero-order valence-electron chi connectivity index (χ0n) is 12.8. The molecule has 0 fully saturated rings. The van der Waals surface area contributed by atoms with Gasteiger partial charge in [0.1, 0.15) is 5.60 Å². The van der Waals surface area contributed by atoms with Crippen LogP contribution in [0.3, 0.4) is 0 Å². The molecule has 1 unspecified atom stereocenters. The van der Waals surface area contributed by atoms with Crippen LogP contribution >= 0.6 is 11.3 Å². The summed E-state index contributed by atoms with van der Waals surface area (Å²) < 4.78 is 5.30. The first kappa shape index (κ1) is 15.8. The van der Waals surface area contributed by atoms with E-state index in [0.717, 1.165) is 10.4 Å². The van der Waals surface area contributed by atoms with Crippen LogP contribution in [0.4, 0.5) is 4.79 Å². The van der Waals surface area contributed by atoms with E-state index in [-0.39, 0.29) is 0 Å². The van der Waals surface area contributed by atoms with Gasteiger partial charge in [0.15, 0.2) is 0 Å². The normalized spacial score (nSPS) is 21.5. The summed E-state index contributed by atoms with van der Waals surface area (Å²) in [5.74, 6) is -0.879. The van der Waals surface area contributed by atoms with Gasteiger partial charge >= 0.3 is 12.1 Å². The van der Waals surface area contributed by atoms with Gasteiger partial charge < -0.3 is 15.2 Å². The van der Waals surface area contributed by atoms with Gasteiger partial charge in [0.2, 0.25) is 0 Å². The van der Waals surface area contributed by atoms with Crippen LogP contribution in [0.1, 0.15) is 54.9 Å². The number of rotatable bonds is 2. The molecule has 1 aromatic heterocycles. The van der Waals surface area contributed by atoms with E-state index in [2.05, 4.69) is 5.32 Å². The molecule has 0 bridgehead atoms. The number of carbonyl (C=O) groups excluding carboxylic acids is 1. The van der Waals surface area contributed by atoms with Gasteiger partial charge in [-0.1, -0.05) is 0 Å². The average Bonchev–Trinajstić information content (AvgIpc) is 2.67. The Labute approximate surface area is 128 Å². The van der Waals surface area contributed by atoms with Gasteiger partial charge in [0.25, 0.3) is 0 Å². The number of fused-ring (bicyclic) bond motifs is 1. The third kappa shape index (κ3) is 3.75. The van der Waals surface area contributed by atoms with Crippen LogP contribution in [0.25, 0.3) is 0 Å². The molecule has 1 aliphatic carbocycles. The molecule has 0 aromatic carbocycles. The monoisotopic (exact) mass is 311 g/mol. The minimum absolute atomic E-state index is 0.393. The predicted octanol–water partition coefficient (Wildman–Crippen LogP) is 3.22. The molecule has 1 atom stereocenters. The minimum atomic E-state index is -0.879. The lowest BCUT2D eigenvalue weighted by Gasteiger charge is -2.35. The molecule has 1 aromatic rings. The SMILES string of the molecule is CC1(NC(=O)OC(C)(C)C)CCc2c(C(=O)O)csc2C1. The largest absolute Gasteiger partial charge is 0.478 e. The second-order valence-corrected chi connectivity index (χ2v) is 7.68. The Balaban J connectivity index is 2.09. The molecule has 0 aliphatic heterocycles. The number of thiophene rings is 1. The maximum Gasteiger partial charge on any atom is 0.408 e. The molecular formula is C15H21NO4S. The summed E-state index contributed by atoms with van der Waals surface area (Å²) in [4.78, 5) is 24.1. The molecule has 6 heteroatoms. The fraction of sp³-hybridized carbons (Fsp3) is 0.600. The van der Waals surface area contributed by atoms with Gasteiger partial charge in [0.05, 0.1) is 5.56 Å². The number of hydrogen-bond donors (Lipinski definition) is 2. The van der Waals surface area contributed by atoms with Crippen molar-refractivity contribution in [2.24, 2.45) is 0 Å². The van der Waals surface area contributed by atoms with Crippen LogP contribution in [-0.2, 0) is 17.6 Å². The molecule has 0 spiro atoms. The van der Waals surface area contributed by atoms with E-state index in [1.807, 2.05) is 27.7 Å². The molecule has 1 aliphatic rings. The third-order valence-corrected chi connectivity index (χ3v) is 4.52. The van der Waals surface area contributed by atoms with E-state index < -0.39 is 23.2 Å². The summed E-state index contributed by atoms with van der Waals surface area (Å²) in [5.41, 5.74) is 0.389. The molecule has 1 heterocycles. The molecule has 116 valence electrons. The number of aromatic carboxylic acids is 1. The highest BCUT2D eigenvalue weighted by Crippen LogP contribution is 2.35. The molecule has 0 radical (unpaired) electrons. The van der Waals surface area contributed by atoms with Gasteiger partial charge in [-0.15, -0.1) is 11.3 Å². The highest BCUT2D eigenvalue weighted by atomic mass is 32.1. The number of hydrogen-bond acceptors (Lipinski definition) is 4. The number of carboxylic acid groups (broad SMARTS) is 1. The first-order valence-electron chi connectivity index (χ1n) is 6.93. The van der Waals surface area contributed by atoms with Gasteiger partial charge in [-0.2, -0.15) is 0 Å². The first-order chi connectivity index (χ1) is 9.60. The van der Waals surface area contributed by atoms with Gasteiger partial charge in [-0.3, -0.25) is 0 Å². The van der Waals surface area contributed by atoms with Crippen molar-refractivity contribution in [1.82, 2.24) is 5.32 Å². The Kier molecular flexibility index (Phi) is 4.02. The second kappa shape index (κ2) is 5.33. The van der Waals surface area contributed by atoms with Crippen molar-refractivity contribution in [3.8, 4) is 0 Å². The highest BCUT2D eigenvalue weighted by molar-refractivity contribution is 7.10. The first-order valence-corrected chi connectivity index (χ1v) is 7.81. The van der Waals surface area contributed by atoms with Gasteiger partial charge in [-0.25, -0.2) is 9.59 Å². The highest BCUT2D eigenvalue weighted by Gasteiger charge is 2.35. The molecule has 2 N–H and O–H groups in total. The molecule has 5 nitrogen and oxygen atoms in total. The topological polar surface area (TPSA) is 75.6 Å². The summed E-state index contributed by atoms with van der Waals surface area (Å²) >= 11 is 1.45. The van der Waals surface area contributed by atoms with Gasteiger partial charge in [0, 0.05) is 22.2 Å². The van der Waals surface area contributed by atoms with E-state index in [1.165, 1.54) is 11.3 Å². The molecule has 0 saturated heterocycles. The lowest BCUT2D eigenvalue weighted by atomic mass is 9.82. The van der Waals surface area contributed by atoms with Crippen molar-refractivity contribution in [3.63, 3.8) is 0 Å². The Hall–Kier alpha value is -1.56.